The van der Waals surface area contributed by atoms with Gasteiger partial charge in [-0.15, -0.1) is 0 Å². The number of Topliss-reactive ketones (excluding diaryl/α,β-unsaturated/α-hetero) is 1. The average Bonchev–Trinajstić information content (AvgIpc) is 2.83. The van der Waals surface area contributed by atoms with Gasteiger partial charge in [-0.1, -0.05) is 19.1 Å². The van der Waals surface area contributed by atoms with Crippen LogP contribution in [0.1, 0.15) is 44.6 Å². The summed E-state index contributed by atoms with van der Waals surface area (Å²) in [6, 6.07) is 5.50. The van der Waals surface area contributed by atoms with E-state index in [1.807, 2.05) is 0 Å². The van der Waals surface area contributed by atoms with Gasteiger partial charge in [-0.05, 0) is 30.5 Å². The van der Waals surface area contributed by atoms with E-state index in [1.165, 1.54) is 35.9 Å². The molecule has 0 aliphatic rings. The van der Waals surface area contributed by atoms with Crippen LogP contribution in [0.15, 0.2) is 24.3 Å². The van der Waals surface area contributed by atoms with Crippen LogP contribution < -0.4 is 0 Å². The zero-order chi connectivity index (χ0) is 18.9. The van der Waals surface area contributed by atoms with E-state index < -0.39 is 22.5 Å². The number of aliphatic carboxylic acids is 1. The van der Waals surface area contributed by atoms with Gasteiger partial charge in [0.1, 0.15) is 11.3 Å². The molecular formula is C17H16N2O6. The Kier molecular flexibility index (Phi) is 4.82. The molecule has 0 radical (unpaired) electrons. The molecule has 1 N–H and O–H groups in total. The van der Waals surface area contributed by atoms with Crippen molar-refractivity contribution in [3.8, 4) is 0 Å². The van der Waals surface area contributed by atoms with Crippen LogP contribution >= 0.6 is 0 Å². The largest absolute Gasteiger partial charge is 0.475 e. The highest BCUT2D eigenvalue weighted by atomic mass is 16.6. The molecular weight excluding hydrogens is 328 g/mol. The zero-order valence-corrected chi connectivity index (χ0v) is 13.9. The average molecular weight is 344 g/mol. The lowest BCUT2D eigenvalue weighted by Crippen LogP contribution is -2.19. The summed E-state index contributed by atoms with van der Waals surface area (Å²) in [6.45, 7) is 3.33. The van der Waals surface area contributed by atoms with Crippen LogP contribution in [0.2, 0.25) is 0 Å². The first-order valence-electron chi connectivity index (χ1n) is 7.46. The zero-order valence-electron chi connectivity index (χ0n) is 13.9. The maximum Gasteiger partial charge on any atom is 0.378 e. The number of carboxylic acids is 1. The van der Waals surface area contributed by atoms with Crippen molar-refractivity contribution in [1.29, 1.82) is 0 Å². The van der Waals surface area contributed by atoms with Crippen LogP contribution in [-0.2, 0) is 18.3 Å². The first-order chi connectivity index (χ1) is 11.7. The van der Waals surface area contributed by atoms with Gasteiger partial charge in [-0.3, -0.25) is 19.7 Å². The smallest absolute Gasteiger partial charge is 0.378 e. The van der Waals surface area contributed by atoms with Crippen molar-refractivity contribution in [3.05, 3.63) is 62.5 Å². The number of carboxylic acid groups (broad SMARTS) is 1. The molecule has 0 atom stereocenters. The molecule has 1 heterocycles. The number of ketones is 2. The molecule has 0 saturated carbocycles. The molecule has 0 fully saturated rings. The molecule has 0 saturated heterocycles. The molecule has 0 amide bonds. The van der Waals surface area contributed by atoms with Gasteiger partial charge < -0.3 is 9.67 Å². The van der Waals surface area contributed by atoms with Gasteiger partial charge in [-0.25, -0.2) is 4.79 Å². The molecule has 0 aliphatic carbocycles. The Labute approximate surface area is 142 Å². The quantitative estimate of drug-likeness (QED) is 0.371. The van der Waals surface area contributed by atoms with E-state index in [4.69, 9.17) is 5.11 Å². The highest BCUT2D eigenvalue weighted by molar-refractivity contribution is 6.40. The van der Waals surface area contributed by atoms with Crippen LogP contribution in [0.3, 0.4) is 0 Å². The summed E-state index contributed by atoms with van der Waals surface area (Å²) in [4.78, 5) is 46.5. The second-order valence-electron chi connectivity index (χ2n) is 5.45. The third-order valence-electron chi connectivity index (χ3n) is 4.09. The number of hydrogen-bond donors (Lipinski definition) is 1. The van der Waals surface area contributed by atoms with E-state index in [0.29, 0.717) is 17.5 Å². The van der Waals surface area contributed by atoms with Crippen molar-refractivity contribution in [1.82, 2.24) is 4.57 Å². The molecule has 0 bridgehead atoms. The minimum Gasteiger partial charge on any atom is -0.475 e. The highest BCUT2D eigenvalue weighted by Gasteiger charge is 2.31. The Morgan fingerprint density at radius 1 is 1.20 bits per heavy atom. The van der Waals surface area contributed by atoms with Gasteiger partial charge in [0, 0.05) is 13.1 Å². The highest BCUT2D eigenvalue weighted by Crippen LogP contribution is 2.28. The number of hydrogen-bond acceptors (Lipinski definition) is 5. The Balaban J connectivity index is 2.73. The maximum atomic E-state index is 12.9. The summed E-state index contributed by atoms with van der Waals surface area (Å²) < 4.78 is 1.21. The van der Waals surface area contributed by atoms with Crippen molar-refractivity contribution in [2.75, 3.05) is 0 Å². The van der Waals surface area contributed by atoms with Gasteiger partial charge >= 0.3 is 5.97 Å². The van der Waals surface area contributed by atoms with E-state index in [0.717, 1.165) is 0 Å². The maximum absolute atomic E-state index is 12.9. The Morgan fingerprint density at radius 3 is 2.32 bits per heavy atom. The van der Waals surface area contributed by atoms with Gasteiger partial charge in [0.05, 0.1) is 10.6 Å². The van der Waals surface area contributed by atoms with Crippen molar-refractivity contribution in [2.45, 2.75) is 20.3 Å². The van der Waals surface area contributed by atoms with Crippen molar-refractivity contribution in [3.63, 3.8) is 0 Å². The summed E-state index contributed by atoms with van der Waals surface area (Å²) in [6.07, 6.45) is 0.345. The lowest BCUT2D eigenvalue weighted by Gasteiger charge is -2.07. The molecule has 0 spiro atoms. The SMILES string of the molecule is CCc1c(C)c(C(=O)c2ccccc2[N+](=O)[O-])n(C)c1C(=O)C(=O)O. The van der Waals surface area contributed by atoms with E-state index in [1.54, 1.807) is 13.8 Å². The molecule has 1 aromatic carbocycles. The van der Waals surface area contributed by atoms with Crippen LogP contribution in [0, 0.1) is 17.0 Å². The summed E-state index contributed by atoms with van der Waals surface area (Å²) in [5.74, 6) is -3.38. The van der Waals surface area contributed by atoms with Gasteiger partial charge in [-0.2, -0.15) is 0 Å². The molecule has 25 heavy (non-hydrogen) atoms. The fourth-order valence-corrected chi connectivity index (χ4v) is 2.98. The Morgan fingerprint density at radius 2 is 1.80 bits per heavy atom. The number of benzene rings is 1. The minimum absolute atomic E-state index is 0.0655. The van der Waals surface area contributed by atoms with E-state index in [-0.39, 0.29) is 22.6 Å². The number of nitrogens with zero attached hydrogens (tertiary/aromatic N) is 2. The summed E-state index contributed by atoms with van der Waals surface area (Å²) in [5.41, 5.74) is 0.394. The van der Waals surface area contributed by atoms with Crippen molar-refractivity contribution < 1.29 is 24.4 Å². The summed E-state index contributed by atoms with van der Waals surface area (Å²) in [7, 11) is 1.41. The molecule has 2 rings (SSSR count). The standard InChI is InChI=1S/C17H16N2O6/c1-4-10-9(2)13(18(3)14(10)16(21)17(22)23)15(20)11-7-5-6-8-12(11)19(24)25/h5-8H,4H2,1-3H3,(H,22,23). The van der Waals surface area contributed by atoms with Crippen LogP contribution in [0.4, 0.5) is 5.69 Å². The van der Waals surface area contributed by atoms with Crippen LogP contribution in [0.5, 0.6) is 0 Å². The Bertz CT molecular complexity index is 910. The summed E-state index contributed by atoms with van der Waals surface area (Å²) >= 11 is 0. The van der Waals surface area contributed by atoms with Gasteiger partial charge in [0.15, 0.2) is 0 Å². The number of nitro benzene ring substituents is 1. The Hall–Kier alpha value is -3.29. The van der Waals surface area contributed by atoms with Gasteiger partial charge in [0.25, 0.3) is 11.5 Å². The molecule has 0 unspecified atom stereocenters. The second kappa shape index (κ2) is 6.68. The number of carbonyl (C=O) groups excluding carboxylic acids is 2. The molecule has 8 nitrogen and oxygen atoms in total. The number of para-hydroxylation sites is 1. The third kappa shape index (κ3) is 2.93. The number of rotatable bonds is 6. The van der Waals surface area contributed by atoms with Crippen molar-refractivity contribution >= 4 is 23.2 Å². The normalized spacial score (nSPS) is 10.5. The molecule has 1 aromatic heterocycles. The van der Waals surface area contributed by atoms with Crippen molar-refractivity contribution in [2.24, 2.45) is 7.05 Å². The van der Waals surface area contributed by atoms with Crippen LogP contribution in [0.25, 0.3) is 0 Å². The number of carbonyl (C=O) groups is 3. The van der Waals surface area contributed by atoms with E-state index >= 15 is 0 Å². The monoisotopic (exact) mass is 344 g/mol. The number of aromatic nitrogens is 1. The first-order valence-corrected chi connectivity index (χ1v) is 7.46. The molecule has 130 valence electrons. The lowest BCUT2D eigenvalue weighted by molar-refractivity contribution is -0.385. The first kappa shape index (κ1) is 18.1. The predicted molar refractivity (Wildman–Crippen MR) is 88.0 cm³/mol. The summed E-state index contributed by atoms with van der Waals surface area (Å²) in [5, 5.41) is 20.2. The molecule has 8 heteroatoms. The fourth-order valence-electron chi connectivity index (χ4n) is 2.98. The van der Waals surface area contributed by atoms with Gasteiger partial charge in [0.2, 0.25) is 5.78 Å². The van der Waals surface area contributed by atoms with Crippen LogP contribution in [-0.4, -0.2) is 32.1 Å². The third-order valence-corrected chi connectivity index (χ3v) is 4.09. The minimum atomic E-state index is -1.63. The van der Waals surface area contributed by atoms with E-state index in [2.05, 4.69) is 0 Å². The predicted octanol–water partition coefficient (Wildman–Crippen LogP) is 2.30. The van der Waals surface area contributed by atoms with E-state index in [9.17, 15) is 24.5 Å². The fraction of sp³-hybridized carbons (Fsp3) is 0.235. The lowest BCUT2D eigenvalue weighted by atomic mass is 10.0. The molecule has 2 aromatic rings. The topological polar surface area (TPSA) is 120 Å². The second-order valence-corrected chi connectivity index (χ2v) is 5.45. The molecule has 0 aliphatic heterocycles. The number of nitro groups is 1.